The molecule has 0 aliphatic rings. The van der Waals surface area contributed by atoms with Crippen LogP contribution in [0.3, 0.4) is 0 Å². The molecule has 0 spiro atoms. The van der Waals surface area contributed by atoms with Crippen LogP contribution in [0.15, 0.2) is 30.3 Å². The van der Waals surface area contributed by atoms with Crippen molar-refractivity contribution in [2.75, 3.05) is 0 Å². The number of alkyl halides is 1. The average molecular weight is 340 g/mol. The molecule has 2 rings (SSSR count). The lowest BCUT2D eigenvalue weighted by atomic mass is 10.0. The van der Waals surface area contributed by atoms with Crippen LogP contribution in [-0.4, -0.2) is 0 Å². The van der Waals surface area contributed by atoms with Crippen LogP contribution in [0.5, 0.6) is 0 Å². The summed E-state index contributed by atoms with van der Waals surface area (Å²) in [5.41, 5.74) is 2.45. The van der Waals surface area contributed by atoms with E-state index >= 15 is 0 Å². The SMILES string of the molecule is ClCc1c(Cl)cccc1-c1cc(Cl)c(Cl)cc1Cl. The van der Waals surface area contributed by atoms with Gasteiger partial charge < -0.3 is 0 Å². The Bertz CT molecular complexity index is 592. The van der Waals surface area contributed by atoms with E-state index in [1.807, 2.05) is 12.1 Å². The first kappa shape index (κ1) is 14.3. The topological polar surface area (TPSA) is 0 Å². The predicted octanol–water partition coefficient (Wildman–Crippen LogP) is 6.71. The molecule has 0 saturated carbocycles. The molecule has 0 amide bonds. The molecule has 0 aromatic heterocycles. The molecule has 0 N–H and O–H groups in total. The Morgan fingerprint density at radius 1 is 0.722 bits per heavy atom. The van der Waals surface area contributed by atoms with Crippen molar-refractivity contribution in [3.05, 3.63) is 56.0 Å². The normalized spacial score (nSPS) is 10.7. The molecule has 2 aromatic rings. The minimum absolute atomic E-state index is 0.297. The van der Waals surface area contributed by atoms with Crippen molar-refractivity contribution < 1.29 is 0 Å². The average Bonchev–Trinajstić information content (AvgIpc) is 2.33. The highest BCUT2D eigenvalue weighted by molar-refractivity contribution is 6.44. The zero-order valence-corrected chi connectivity index (χ0v) is 12.8. The quantitative estimate of drug-likeness (QED) is 0.421. The summed E-state index contributed by atoms with van der Waals surface area (Å²) in [6.07, 6.45) is 0. The van der Waals surface area contributed by atoms with E-state index in [0.717, 1.165) is 16.7 Å². The van der Waals surface area contributed by atoms with Gasteiger partial charge in [0.15, 0.2) is 0 Å². The molecule has 0 heterocycles. The second-order valence-electron chi connectivity index (χ2n) is 3.65. The molecule has 0 radical (unpaired) electrons. The Labute approximate surface area is 130 Å². The molecule has 0 fully saturated rings. The van der Waals surface area contributed by atoms with Crippen LogP contribution >= 0.6 is 58.0 Å². The van der Waals surface area contributed by atoms with Crippen molar-refractivity contribution in [3.8, 4) is 11.1 Å². The van der Waals surface area contributed by atoms with E-state index in [4.69, 9.17) is 58.0 Å². The van der Waals surface area contributed by atoms with E-state index in [0.29, 0.717) is 26.0 Å². The summed E-state index contributed by atoms with van der Waals surface area (Å²) in [4.78, 5) is 0. The van der Waals surface area contributed by atoms with Gasteiger partial charge in [0.05, 0.1) is 10.0 Å². The first-order valence-electron chi connectivity index (χ1n) is 5.03. The Morgan fingerprint density at radius 2 is 1.39 bits per heavy atom. The highest BCUT2D eigenvalue weighted by Crippen LogP contribution is 2.38. The van der Waals surface area contributed by atoms with Gasteiger partial charge in [-0.3, -0.25) is 0 Å². The summed E-state index contributed by atoms with van der Waals surface area (Å²) < 4.78 is 0. The van der Waals surface area contributed by atoms with Gasteiger partial charge in [-0.15, -0.1) is 11.6 Å². The summed E-state index contributed by atoms with van der Waals surface area (Å²) in [7, 11) is 0. The molecule has 0 aliphatic carbocycles. The molecule has 0 unspecified atom stereocenters. The van der Waals surface area contributed by atoms with Gasteiger partial charge in [0.1, 0.15) is 0 Å². The fraction of sp³-hybridized carbons (Fsp3) is 0.0769. The fourth-order valence-corrected chi connectivity index (χ4v) is 2.92. The minimum atomic E-state index is 0.297. The first-order valence-corrected chi connectivity index (χ1v) is 7.07. The summed E-state index contributed by atoms with van der Waals surface area (Å²) >= 11 is 30.2. The maximum Gasteiger partial charge on any atom is 0.0607 e. The zero-order valence-electron chi connectivity index (χ0n) is 8.98. The summed E-state index contributed by atoms with van der Waals surface area (Å²) in [6.45, 7) is 0. The van der Waals surface area contributed by atoms with E-state index in [9.17, 15) is 0 Å². The molecule has 5 heteroatoms. The third kappa shape index (κ3) is 2.74. The van der Waals surface area contributed by atoms with Gasteiger partial charge in [-0.25, -0.2) is 0 Å². The van der Waals surface area contributed by atoms with Crippen molar-refractivity contribution in [2.24, 2.45) is 0 Å². The van der Waals surface area contributed by atoms with Gasteiger partial charge in [-0.05, 0) is 29.3 Å². The Morgan fingerprint density at radius 3 is 2.06 bits per heavy atom. The van der Waals surface area contributed by atoms with Gasteiger partial charge in [0, 0.05) is 21.5 Å². The highest BCUT2D eigenvalue weighted by atomic mass is 35.5. The fourth-order valence-electron chi connectivity index (χ4n) is 1.68. The summed E-state index contributed by atoms with van der Waals surface area (Å²) in [5, 5.41) is 1.97. The Hall–Kier alpha value is -0.110. The molecule has 94 valence electrons. The lowest BCUT2D eigenvalue weighted by Crippen LogP contribution is -1.89. The predicted molar refractivity (Wildman–Crippen MR) is 81.5 cm³/mol. The van der Waals surface area contributed by atoms with Crippen LogP contribution in [0.4, 0.5) is 0 Å². The summed E-state index contributed by atoms with van der Waals surface area (Å²) in [5.74, 6) is 0.297. The first-order chi connectivity index (χ1) is 8.54. The Kier molecular flexibility index (Phi) is 4.69. The molecule has 0 saturated heterocycles. The van der Waals surface area contributed by atoms with Gasteiger partial charge in [-0.2, -0.15) is 0 Å². The van der Waals surface area contributed by atoms with Crippen LogP contribution < -0.4 is 0 Å². The number of benzene rings is 2. The van der Waals surface area contributed by atoms with Gasteiger partial charge >= 0.3 is 0 Å². The summed E-state index contributed by atoms with van der Waals surface area (Å²) in [6, 6.07) is 8.85. The van der Waals surface area contributed by atoms with Gasteiger partial charge in [-0.1, -0.05) is 58.5 Å². The number of hydrogen-bond donors (Lipinski definition) is 0. The van der Waals surface area contributed by atoms with Crippen molar-refractivity contribution in [1.82, 2.24) is 0 Å². The maximum atomic E-state index is 6.19. The van der Waals surface area contributed by atoms with E-state index in [-0.39, 0.29) is 0 Å². The molecular weight excluding hydrogens is 333 g/mol. The van der Waals surface area contributed by atoms with Crippen LogP contribution in [-0.2, 0) is 5.88 Å². The van der Waals surface area contributed by atoms with Crippen LogP contribution in [0.2, 0.25) is 20.1 Å². The molecule has 0 bridgehead atoms. The molecule has 0 aliphatic heterocycles. The monoisotopic (exact) mass is 338 g/mol. The molecule has 2 aromatic carbocycles. The van der Waals surface area contributed by atoms with Crippen LogP contribution in [0, 0.1) is 0 Å². The lowest BCUT2D eigenvalue weighted by molar-refractivity contribution is 1.40. The lowest BCUT2D eigenvalue weighted by Gasteiger charge is -2.12. The smallest absolute Gasteiger partial charge is 0.0607 e. The third-order valence-corrected chi connectivity index (χ3v) is 4.21. The van der Waals surface area contributed by atoms with E-state index in [2.05, 4.69) is 0 Å². The second-order valence-corrected chi connectivity index (χ2v) is 5.54. The molecule has 0 nitrogen and oxygen atoms in total. The zero-order chi connectivity index (χ0) is 13.3. The van der Waals surface area contributed by atoms with Gasteiger partial charge in [0.25, 0.3) is 0 Å². The number of rotatable bonds is 2. The van der Waals surface area contributed by atoms with Crippen LogP contribution in [0.25, 0.3) is 11.1 Å². The van der Waals surface area contributed by atoms with Crippen molar-refractivity contribution in [3.63, 3.8) is 0 Å². The van der Waals surface area contributed by atoms with E-state index in [1.54, 1.807) is 18.2 Å². The minimum Gasteiger partial charge on any atom is -0.121 e. The number of halogens is 5. The molecule has 0 atom stereocenters. The van der Waals surface area contributed by atoms with Crippen LogP contribution in [0.1, 0.15) is 5.56 Å². The Balaban J connectivity index is 2.69. The number of hydrogen-bond acceptors (Lipinski definition) is 0. The maximum absolute atomic E-state index is 6.19. The van der Waals surface area contributed by atoms with Crippen molar-refractivity contribution >= 4 is 58.0 Å². The van der Waals surface area contributed by atoms with E-state index < -0.39 is 0 Å². The third-order valence-electron chi connectivity index (χ3n) is 2.55. The second kappa shape index (κ2) is 5.90. The van der Waals surface area contributed by atoms with Crippen molar-refractivity contribution in [2.45, 2.75) is 5.88 Å². The van der Waals surface area contributed by atoms with Crippen molar-refractivity contribution in [1.29, 1.82) is 0 Å². The van der Waals surface area contributed by atoms with Gasteiger partial charge in [0.2, 0.25) is 0 Å². The molecular formula is C13H7Cl5. The highest BCUT2D eigenvalue weighted by Gasteiger charge is 2.13. The standard InChI is InChI=1S/C13H7Cl5/c14-6-9-7(2-1-3-10(9)15)8-4-12(17)13(18)5-11(8)16/h1-5H,6H2. The molecule has 18 heavy (non-hydrogen) atoms. The largest absolute Gasteiger partial charge is 0.121 e. The van der Waals surface area contributed by atoms with E-state index in [1.165, 1.54) is 0 Å².